The zero-order chi connectivity index (χ0) is 16.6. The van der Waals surface area contributed by atoms with Crippen molar-refractivity contribution in [2.45, 2.75) is 68.3 Å². The van der Waals surface area contributed by atoms with Gasteiger partial charge in [0.2, 0.25) is 0 Å². The van der Waals surface area contributed by atoms with Gasteiger partial charge >= 0.3 is 0 Å². The van der Waals surface area contributed by atoms with Gasteiger partial charge in [0.25, 0.3) is 0 Å². The van der Waals surface area contributed by atoms with Crippen LogP contribution in [0, 0.1) is 0 Å². The van der Waals surface area contributed by atoms with Crippen molar-refractivity contribution in [1.29, 1.82) is 0 Å². The molecular formula is C12H22O10. The molecule has 2 aliphatic heterocycles. The monoisotopic (exact) mass is 326 g/mol. The average molecular weight is 326 g/mol. The summed E-state index contributed by atoms with van der Waals surface area (Å²) in [6.45, 7) is 0.803. The van der Waals surface area contributed by atoms with Crippen LogP contribution in [0.1, 0.15) is 6.92 Å². The van der Waals surface area contributed by atoms with E-state index in [1.807, 2.05) is 0 Å². The summed E-state index contributed by atoms with van der Waals surface area (Å²) in [5.74, 6) is 0. The van der Waals surface area contributed by atoms with E-state index in [1.54, 1.807) is 0 Å². The Balaban J connectivity index is 2.08. The van der Waals surface area contributed by atoms with Gasteiger partial charge in [0.05, 0.1) is 12.7 Å². The van der Waals surface area contributed by atoms with Crippen LogP contribution in [0.15, 0.2) is 0 Å². The number of aliphatic hydroxyl groups is 7. The van der Waals surface area contributed by atoms with Crippen LogP contribution in [-0.4, -0.2) is 104 Å². The van der Waals surface area contributed by atoms with Gasteiger partial charge < -0.3 is 50.0 Å². The molecule has 0 bridgehead atoms. The largest absolute Gasteiger partial charge is 0.394 e. The molecule has 10 heteroatoms. The highest BCUT2D eigenvalue weighted by atomic mass is 16.7. The molecule has 2 saturated heterocycles. The number of aliphatic hydroxyl groups excluding tert-OH is 7. The van der Waals surface area contributed by atoms with Crippen molar-refractivity contribution < 1.29 is 50.0 Å². The lowest BCUT2D eigenvalue weighted by Gasteiger charge is -2.44. The van der Waals surface area contributed by atoms with Crippen molar-refractivity contribution in [3.63, 3.8) is 0 Å². The van der Waals surface area contributed by atoms with Crippen LogP contribution in [0.4, 0.5) is 0 Å². The second kappa shape index (κ2) is 7.01. The fourth-order valence-electron chi connectivity index (χ4n) is 2.50. The maximum absolute atomic E-state index is 9.92. The number of hydrogen-bond acceptors (Lipinski definition) is 10. The summed E-state index contributed by atoms with van der Waals surface area (Å²) in [5.41, 5.74) is 0. The zero-order valence-corrected chi connectivity index (χ0v) is 11.8. The minimum atomic E-state index is -1.69. The Kier molecular flexibility index (Phi) is 5.72. The molecule has 10 atom stereocenters. The molecule has 0 radical (unpaired) electrons. The Morgan fingerprint density at radius 3 is 2.05 bits per heavy atom. The SMILES string of the molecule is C[C@H]1O[C@@H](O)[C@@H](O[C@@H]2O[C@H](CO)[C@H](O)[C@H](O)[C@H]2O)[C@@H](O)[C@@H]1O. The second-order valence-corrected chi connectivity index (χ2v) is 5.51. The molecule has 0 aromatic carbocycles. The zero-order valence-electron chi connectivity index (χ0n) is 11.8. The smallest absolute Gasteiger partial charge is 0.187 e. The van der Waals surface area contributed by atoms with Crippen LogP contribution in [0.25, 0.3) is 0 Å². The van der Waals surface area contributed by atoms with Gasteiger partial charge in [-0.25, -0.2) is 0 Å². The Morgan fingerprint density at radius 1 is 0.818 bits per heavy atom. The number of ether oxygens (including phenoxy) is 3. The van der Waals surface area contributed by atoms with Crippen LogP contribution < -0.4 is 0 Å². The third kappa shape index (κ3) is 3.26. The molecule has 2 aliphatic rings. The second-order valence-electron chi connectivity index (χ2n) is 5.51. The fraction of sp³-hybridized carbons (Fsp3) is 1.00. The lowest BCUT2D eigenvalue weighted by atomic mass is 9.98. The Hall–Kier alpha value is -0.400. The molecule has 2 rings (SSSR count). The quantitative estimate of drug-likeness (QED) is 0.269. The van der Waals surface area contributed by atoms with E-state index in [0.29, 0.717) is 0 Å². The topological polar surface area (TPSA) is 169 Å². The third-order valence-corrected chi connectivity index (χ3v) is 3.94. The molecule has 0 aromatic rings. The molecule has 2 fully saturated rings. The number of rotatable bonds is 3. The molecule has 130 valence electrons. The summed E-state index contributed by atoms with van der Waals surface area (Å²) in [7, 11) is 0. The van der Waals surface area contributed by atoms with Crippen molar-refractivity contribution in [2.24, 2.45) is 0 Å². The fourth-order valence-corrected chi connectivity index (χ4v) is 2.50. The highest BCUT2D eigenvalue weighted by Gasteiger charge is 2.49. The van der Waals surface area contributed by atoms with E-state index in [0.717, 1.165) is 0 Å². The van der Waals surface area contributed by atoms with E-state index in [9.17, 15) is 30.6 Å². The van der Waals surface area contributed by atoms with Gasteiger partial charge in [-0.15, -0.1) is 0 Å². The Labute approximate surface area is 126 Å². The maximum atomic E-state index is 9.92. The lowest BCUT2D eigenvalue weighted by molar-refractivity contribution is -0.359. The summed E-state index contributed by atoms with van der Waals surface area (Å²) < 4.78 is 15.3. The highest BCUT2D eigenvalue weighted by Crippen LogP contribution is 2.28. The van der Waals surface area contributed by atoms with Crippen LogP contribution in [0.2, 0.25) is 0 Å². The van der Waals surface area contributed by atoms with E-state index in [2.05, 4.69) is 0 Å². The maximum Gasteiger partial charge on any atom is 0.187 e. The number of hydrogen-bond donors (Lipinski definition) is 7. The van der Waals surface area contributed by atoms with Gasteiger partial charge in [-0.1, -0.05) is 0 Å². The van der Waals surface area contributed by atoms with E-state index >= 15 is 0 Å². The van der Waals surface area contributed by atoms with Crippen LogP contribution in [-0.2, 0) is 14.2 Å². The van der Waals surface area contributed by atoms with Crippen molar-refractivity contribution in [1.82, 2.24) is 0 Å². The van der Waals surface area contributed by atoms with Gasteiger partial charge in [-0.2, -0.15) is 0 Å². The summed E-state index contributed by atoms with van der Waals surface area (Å²) in [6, 6.07) is 0. The molecule has 0 aliphatic carbocycles. The summed E-state index contributed by atoms with van der Waals surface area (Å²) >= 11 is 0. The third-order valence-electron chi connectivity index (χ3n) is 3.94. The van der Waals surface area contributed by atoms with Gasteiger partial charge in [0.1, 0.15) is 42.7 Å². The first-order chi connectivity index (χ1) is 10.3. The van der Waals surface area contributed by atoms with Crippen molar-refractivity contribution >= 4 is 0 Å². The normalized spacial score (nSPS) is 53.5. The first kappa shape index (κ1) is 17.9. The van der Waals surface area contributed by atoms with Gasteiger partial charge in [-0.3, -0.25) is 0 Å². The standard InChI is InChI=1S/C12H22O10/c1-3-5(14)8(17)10(11(19)20-3)22-12-9(18)7(16)6(15)4(2-13)21-12/h3-19H,2H2,1H3/t3-,4-,5-,6+,7+,8+,9-,10+,11-,12+/m1/s1. The molecule has 0 aromatic heterocycles. The minimum Gasteiger partial charge on any atom is -0.394 e. The van der Waals surface area contributed by atoms with Gasteiger partial charge in [-0.05, 0) is 6.92 Å². The Morgan fingerprint density at radius 2 is 1.45 bits per heavy atom. The van der Waals surface area contributed by atoms with Crippen LogP contribution in [0.5, 0.6) is 0 Å². The van der Waals surface area contributed by atoms with E-state index in [-0.39, 0.29) is 0 Å². The highest BCUT2D eigenvalue weighted by molar-refractivity contribution is 4.92. The Bertz CT molecular complexity index is 366. The minimum absolute atomic E-state index is 0.642. The first-order valence-corrected chi connectivity index (χ1v) is 6.93. The molecule has 0 spiro atoms. The summed E-state index contributed by atoms with van der Waals surface area (Å²) in [4.78, 5) is 0. The predicted molar refractivity (Wildman–Crippen MR) is 67.2 cm³/mol. The van der Waals surface area contributed by atoms with E-state index in [1.165, 1.54) is 6.92 Å². The van der Waals surface area contributed by atoms with Gasteiger partial charge in [0, 0.05) is 0 Å². The average Bonchev–Trinajstić information content (AvgIpc) is 2.49. The predicted octanol–water partition coefficient (Wildman–Crippen LogP) is -4.37. The molecular weight excluding hydrogens is 304 g/mol. The van der Waals surface area contributed by atoms with Crippen molar-refractivity contribution in [3.8, 4) is 0 Å². The lowest BCUT2D eigenvalue weighted by Crippen LogP contribution is -2.63. The molecule has 7 N–H and O–H groups in total. The molecule has 0 unspecified atom stereocenters. The first-order valence-electron chi connectivity index (χ1n) is 6.93. The summed E-state index contributed by atoms with van der Waals surface area (Å²) in [6.07, 6.45) is -14.4. The van der Waals surface area contributed by atoms with E-state index in [4.69, 9.17) is 19.3 Å². The molecule has 2 heterocycles. The van der Waals surface area contributed by atoms with Gasteiger partial charge in [0.15, 0.2) is 12.6 Å². The van der Waals surface area contributed by atoms with Crippen LogP contribution >= 0.6 is 0 Å². The molecule has 0 amide bonds. The molecule has 22 heavy (non-hydrogen) atoms. The molecule has 0 saturated carbocycles. The van der Waals surface area contributed by atoms with Crippen molar-refractivity contribution in [2.75, 3.05) is 6.61 Å². The van der Waals surface area contributed by atoms with E-state index < -0.39 is 68.0 Å². The van der Waals surface area contributed by atoms with Crippen LogP contribution in [0.3, 0.4) is 0 Å². The van der Waals surface area contributed by atoms with Crippen molar-refractivity contribution in [3.05, 3.63) is 0 Å². The molecule has 10 nitrogen and oxygen atoms in total. The summed E-state index contributed by atoms with van der Waals surface area (Å²) in [5, 5.41) is 67.6.